The fraction of sp³-hybridized carbons (Fsp3) is 0.385. The van der Waals surface area contributed by atoms with Crippen LogP contribution < -0.4 is 0 Å². The van der Waals surface area contributed by atoms with E-state index in [-0.39, 0.29) is 11.7 Å². The Balaban J connectivity index is 2.00. The second-order valence-corrected chi connectivity index (χ2v) is 7.93. The molecule has 1 fully saturated rings. The van der Waals surface area contributed by atoms with Crippen LogP contribution in [0, 0.1) is 0 Å². The van der Waals surface area contributed by atoms with Gasteiger partial charge in [0.1, 0.15) is 4.32 Å². The number of thioether (sulfide) groups is 1. The van der Waals surface area contributed by atoms with Crippen LogP contribution in [0.3, 0.4) is 0 Å². The minimum atomic E-state index is -3.92. The van der Waals surface area contributed by atoms with Gasteiger partial charge >= 0.3 is 0 Å². The monoisotopic (exact) mass is 360 g/mol. The van der Waals surface area contributed by atoms with Crippen LogP contribution in [0.15, 0.2) is 35.0 Å². The van der Waals surface area contributed by atoms with Crippen LogP contribution in [0.1, 0.15) is 13.3 Å². The van der Waals surface area contributed by atoms with E-state index in [9.17, 15) is 13.2 Å². The summed E-state index contributed by atoms with van der Waals surface area (Å²) in [7, 11) is -3.92. The van der Waals surface area contributed by atoms with E-state index in [0.29, 0.717) is 28.7 Å². The first kappa shape index (κ1) is 17.2. The highest BCUT2D eigenvalue weighted by molar-refractivity contribution is 8.26. The van der Waals surface area contributed by atoms with Crippen molar-refractivity contribution in [1.29, 1.82) is 0 Å². The van der Waals surface area contributed by atoms with Crippen molar-refractivity contribution < 1.29 is 17.8 Å². The van der Waals surface area contributed by atoms with Crippen molar-refractivity contribution in [3.05, 3.63) is 35.0 Å². The smallest absolute Gasteiger partial charge is 0.266 e. The van der Waals surface area contributed by atoms with Gasteiger partial charge in [0.25, 0.3) is 16.0 Å². The highest BCUT2D eigenvalue weighted by Gasteiger charge is 2.32. The lowest BCUT2D eigenvalue weighted by Gasteiger charge is -2.18. The number of hydrogen-bond donors (Lipinski definition) is 1. The number of rotatable bonds is 5. The number of amides is 1. The molecule has 1 amide bonds. The van der Waals surface area contributed by atoms with Gasteiger partial charge in [0.2, 0.25) is 0 Å². The number of thiocarbonyl (C=S) groups is 1. The number of carbonyl (C=O) groups excluding carboxylic acids is 1. The molecule has 2 aliphatic heterocycles. The van der Waals surface area contributed by atoms with Crippen molar-refractivity contribution in [1.82, 2.24) is 9.80 Å². The number of allylic oxidation sites excluding steroid dienone is 3. The third-order valence-corrected chi connectivity index (χ3v) is 5.42. The van der Waals surface area contributed by atoms with Crippen molar-refractivity contribution in [3.63, 3.8) is 0 Å². The maximum atomic E-state index is 12.2. The Morgan fingerprint density at radius 3 is 2.45 bits per heavy atom. The first-order chi connectivity index (χ1) is 10.3. The largest absolute Gasteiger partial charge is 0.354 e. The Hall–Kier alpha value is -1.16. The van der Waals surface area contributed by atoms with Crippen LogP contribution in [0.25, 0.3) is 0 Å². The van der Waals surface area contributed by atoms with Gasteiger partial charge in [-0.25, -0.2) is 0 Å². The van der Waals surface area contributed by atoms with Crippen molar-refractivity contribution >= 4 is 44.3 Å². The highest BCUT2D eigenvalue weighted by atomic mass is 32.2. The van der Waals surface area contributed by atoms with Crippen molar-refractivity contribution in [2.75, 3.05) is 18.8 Å². The average Bonchev–Trinajstić information content (AvgIpc) is 2.73. The van der Waals surface area contributed by atoms with Gasteiger partial charge in [0.05, 0.1) is 10.7 Å². The summed E-state index contributed by atoms with van der Waals surface area (Å²) in [4.78, 5) is 16.2. The minimum absolute atomic E-state index is 0.0818. The normalized spacial score (nSPS) is 18.8. The molecule has 0 saturated carbocycles. The molecule has 2 rings (SSSR count). The Morgan fingerprint density at radius 1 is 1.32 bits per heavy atom. The first-order valence-corrected chi connectivity index (χ1v) is 9.50. The quantitative estimate of drug-likeness (QED) is 0.454. The van der Waals surface area contributed by atoms with E-state index < -0.39 is 10.1 Å². The summed E-state index contributed by atoms with van der Waals surface area (Å²) in [5.41, 5.74) is 0.791. The van der Waals surface area contributed by atoms with Crippen LogP contribution in [-0.2, 0) is 14.9 Å². The fourth-order valence-electron chi connectivity index (χ4n) is 2.03. The molecule has 0 unspecified atom stereocenters. The van der Waals surface area contributed by atoms with Crippen LogP contribution in [0.4, 0.5) is 0 Å². The maximum absolute atomic E-state index is 12.2. The van der Waals surface area contributed by atoms with Crippen LogP contribution in [0.2, 0.25) is 0 Å². The van der Waals surface area contributed by atoms with Gasteiger partial charge in [-0.1, -0.05) is 24.0 Å². The van der Waals surface area contributed by atoms with E-state index in [1.54, 1.807) is 34.4 Å². The van der Waals surface area contributed by atoms with E-state index in [1.165, 1.54) is 11.8 Å². The fourth-order valence-corrected chi connectivity index (χ4v) is 3.94. The average molecular weight is 360 g/mol. The van der Waals surface area contributed by atoms with Crippen LogP contribution in [0.5, 0.6) is 0 Å². The van der Waals surface area contributed by atoms with Crippen molar-refractivity contribution in [3.8, 4) is 0 Å². The summed E-state index contributed by atoms with van der Waals surface area (Å²) in [6, 6.07) is 0. The zero-order chi connectivity index (χ0) is 16.3. The molecule has 2 heterocycles. The summed E-state index contributed by atoms with van der Waals surface area (Å²) >= 11 is 6.46. The molecule has 1 saturated heterocycles. The molecule has 0 radical (unpaired) electrons. The second kappa shape index (κ2) is 6.95. The van der Waals surface area contributed by atoms with Gasteiger partial charge in [-0.15, -0.1) is 0 Å². The molecule has 0 aromatic heterocycles. The number of likely N-dealkylation sites (N-methyl/N-ethyl adjacent to an activating group) is 1. The summed E-state index contributed by atoms with van der Waals surface area (Å²) in [6.45, 7) is 2.90. The summed E-state index contributed by atoms with van der Waals surface area (Å²) < 4.78 is 30.6. The zero-order valence-corrected chi connectivity index (χ0v) is 14.4. The molecule has 1 N–H and O–H groups in total. The number of hydrogen-bond acceptors (Lipinski definition) is 6. The van der Waals surface area contributed by atoms with Gasteiger partial charge in [-0.2, -0.15) is 8.42 Å². The zero-order valence-electron chi connectivity index (χ0n) is 11.9. The van der Waals surface area contributed by atoms with E-state index in [2.05, 4.69) is 0 Å². The molecule has 9 heteroatoms. The predicted octanol–water partition coefficient (Wildman–Crippen LogP) is 1.74. The predicted molar refractivity (Wildman–Crippen MR) is 90.6 cm³/mol. The Bertz CT molecular complexity index is 663. The van der Waals surface area contributed by atoms with Gasteiger partial charge in [0, 0.05) is 25.5 Å². The molecule has 0 aromatic rings. The molecule has 2 aliphatic rings. The lowest BCUT2D eigenvalue weighted by atomic mass is 10.2. The maximum Gasteiger partial charge on any atom is 0.266 e. The van der Waals surface area contributed by atoms with Crippen LogP contribution in [-0.4, -0.2) is 51.8 Å². The molecule has 0 aliphatic carbocycles. The first-order valence-electron chi connectivity index (χ1n) is 6.67. The lowest BCUT2D eigenvalue weighted by Crippen LogP contribution is -2.27. The summed E-state index contributed by atoms with van der Waals surface area (Å²) in [5, 5.41) is 0. The van der Waals surface area contributed by atoms with Crippen LogP contribution >= 0.6 is 24.0 Å². The SMILES string of the molecule is CCN1C(=O)C(=C2C=CN(CCCS(=O)(=O)O)C=C2)SC1=S. The second-order valence-electron chi connectivity index (χ2n) is 4.71. The molecule has 0 atom stereocenters. The Morgan fingerprint density at radius 2 is 1.95 bits per heavy atom. The molecular weight excluding hydrogens is 344 g/mol. The molecule has 0 bridgehead atoms. The van der Waals surface area contributed by atoms with Gasteiger partial charge < -0.3 is 4.90 Å². The Labute approximate surface area is 139 Å². The standard InChI is InChI=1S/C13H16N2O4S3/c1-2-15-12(16)11(21-13(15)20)10-4-7-14(8-5-10)6-3-9-22(17,18)19/h4-5,7-8H,2-3,6,9H2,1H3,(H,17,18,19). The van der Waals surface area contributed by atoms with Gasteiger partial charge in [-0.05, 0) is 31.1 Å². The molecule has 6 nitrogen and oxygen atoms in total. The molecular formula is C13H16N2O4S3. The summed E-state index contributed by atoms with van der Waals surface area (Å²) in [6.07, 6.45) is 7.47. The highest BCUT2D eigenvalue weighted by Crippen LogP contribution is 2.34. The van der Waals surface area contributed by atoms with E-state index >= 15 is 0 Å². The third-order valence-electron chi connectivity index (χ3n) is 3.14. The minimum Gasteiger partial charge on any atom is -0.354 e. The molecule has 0 spiro atoms. The van der Waals surface area contributed by atoms with Crippen molar-refractivity contribution in [2.24, 2.45) is 0 Å². The van der Waals surface area contributed by atoms with E-state index in [4.69, 9.17) is 16.8 Å². The molecule has 22 heavy (non-hydrogen) atoms. The number of nitrogens with zero attached hydrogens (tertiary/aromatic N) is 2. The molecule has 0 aromatic carbocycles. The van der Waals surface area contributed by atoms with Crippen molar-refractivity contribution in [2.45, 2.75) is 13.3 Å². The van der Waals surface area contributed by atoms with Gasteiger partial charge in [-0.3, -0.25) is 14.2 Å². The third kappa shape index (κ3) is 4.19. The summed E-state index contributed by atoms with van der Waals surface area (Å²) in [5.74, 6) is -0.352. The topological polar surface area (TPSA) is 77.9 Å². The number of carbonyl (C=O) groups is 1. The van der Waals surface area contributed by atoms with E-state index in [1.807, 2.05) is 6.92 Å². The molecule has 120 valence electrons. The lowest BCUT2D eigenvalue weighted by molar-refractivity contribution is -0.122. The van der Waals surface area contributed by atoms with E-state index in [0.717, 1.165) is 5.57 Å². The van der Waals surface area contributed by atoms with Gasteiger partial charge in [0.15, 0.2) is 0 Å². The Kier molecular flexibility index (Phi) is 5.43.